The van der Waals surface area contributed by atoms with Gasteiger partial charge in [0.15, 0.2) is 11.5 Å². The van der Waals surface area contributed by atoms with Crippen molar-refractivity contribution in [2.45, 2.75) is 25.7 Å². The average molecular weight is 317 g/mol. The number of fused-ring (bicyclic) bond motifs is 1. The number of azo groups is 1. The normalized spacial score (nSPS) is 24.3. The smallest absolute Gasteiger partial charge is 0.271 e. The van der Waals surface area contributed by atoms with Crippen LogP contribution in [0.4, 0.5) is 11.4 Å². The monoisotopic (exact) mass is 317 g/mol. The van der Waals surface area contributed by atoms with E-state index in [1.165, 1.54) is 0 Å². The van der Waals surface area contributed by atoms with E-state index in [9.17, 15) is 25.1 Å². The highest BCUT2D eigenvalue weighted by atomic mass is 16.6. The minimum atomic E-state index is -0.621. The molecule has 2 aliphatic carbocycles. The van der Waals surface area contributed by atoms with Gasteiger partial charge in [-0.1, -0.05) is 12.8 Å². The number of ketones is 1. The van der Waals surface area contributed by atoms with Gasteiger partial charge in [0, 0.05) is 24.0 Å². The third-order valence-electron chi connectivity index (χ3n) is 4.36. The Bertz CT molecular complexity index is 741. The van der Waals surface area contributed by atoms with E-state index in [0.29, 0.717) is 6.42 Å². The van der Waals surface area contributed by atoms with Gasteiger partial charge in [-0.15, -0.1) is 10.2 Å². The summed E-state index contributed by atoms with van der Waals surface area (Å²) in [6.45, 7) is 0. The van der Waals surface area contributed by atoms with E-state index in [-0.39, 0.29) is 46.2 Å². The van der Waals surface area contributed by atoms with Gasteiger partial charge < -0.3 is 10.2 Å². The van der Waals surface area contributed by atoms with Gasteiger partial charge >= 0.3 is 0 Å². The molecule has 1 fully saturated rings. The molecule has 2 aliphatic rings. The quantitative estimate of drug-likeness (QED) is 0.501. The number of nitro benzene ring substituents is 1. The number of carbonyl (C=O) groups excluding carboxylic acids is 1. The first-order chi connectivity index (χ1) is 11.0. The standard InChI is InChI=1S/C15H15N3O5/c19-12-6-5-8(18(22)23)7-11(12)16-17-13-14(20)9-3-1-2-4-10(9)15(13)21/h5-7,9-10,19-20H,1-4H2. The highest BCUT2D eigenvalue weighted by Crippen LogP contribution is 2.43. The van der Waals surface area contributed by atoms with E-state index in [4.69, 9.17) is 0 Å². The predicted octanol–water partition coefficient (Wildman–Crippen LogP) is 3.54. The van der Waals surface area contributed by atoms with Crippen molar-refractivity contribution in [3.63, 3.8) is 0 Å². The molecule has 8 nitrogen and oxygen atoms in total. The summed E-state index contributed by atoms with van der Waals surface area (Å²) in [5.41, 5.74) is -0.476. The minimum Gasteiger partial charge on any atom is -0.510 e. The molecule has 0 saturated heterocycles. The maximum absolute atomic E-state index is 12.3. The van der Waals surface area contributed by atoms with Crippen LogP contribution in [0.5, 0.6) is 5.75 Å². The molecule has 0 heterocycles. The molecule has 2 N–H and O–H groups in total. The van der Waals surface area contributed by atoms with E-state index in [0.717, 1.165) is 37.5 Å². The van der Waals surface area contributed by atoms with Gasteiger partial charge in [-0.05, 0) is 18.9 Å². The van der Waals surface area contributed by atoms with E-state index < -0.39 is 4.92 Å². The van der Waals surface area contributed by atoms with Gasteiger partial charge in [0.2, 0.25) is 0 Å². The number of allylic oxidation sites excluding steroid dienone is 2. The number of benzene rings is 1. The first kappa shape index (κ1) is 15.1. The zero-order valence-electron chi connectivity index (χ0n) is 12.2. The first-order valence-corrected chi connectivity index (χ1v) is 7.35. The van der Waals surface area contributed by atoms with Gasteiger partial charge in [-0.2, -0.15) is 0 Å². The van der Waals surface area contributed by atoms with Gasteiger partial charge in [0.25, 0.3) is 5.69 Å². The summed E-state index contributed by atoms with van der Waals surface area (Å²) in [6.07, 6.45) is 3.35. The molecule has 0 spiro atoms. The molecule has 23 heavy (non-hydrogen) atoms. The number of aromatic hydroxyl groups is 1. The van der Waals surface area contributed by atoms with Gasteiger partial charge in [0.1, 0.15) is 17.2 Å². The summed E-state index contributed by atoms with van der Waals surface area (Å²) in [5.74, 6) is -1.06. The summed E-state index contributed by atoms with van der Waals surface area (Å²) in [7, 11) is 0. The molecule has 3 rings (SSSR count). The van der Waals surface area contributed by atoms with Crippen LogP contribution in [0.15, 0.2) is 39.9 Å². The van der Waals surface area contributed by atoms with Crippen LogP contribution in [0.25, 0.3) is 0 Å². The summed E-state index contributed by atoms with van der Waals surface area (Å²) in [6, 6.07) is 3.33. The molecule has 1 aromatic rings. The fraction of sp³-hybridized carbons (Fsp3) is 0.400. The van der Waals surface area contributed by atoms with Crippen molar-refractivity contribution in [1.29, 1.82) is 0 Å². The number of phenols is 1. The topological polar surface area (TPSA) is 125 Å². The van der Waals surface area contributed by atoms with Crippen LogP contribution in [0, 0.1) is 22.0 Å². The first-order valence-electron chi connectivity index (χ1n) is 7.35. The fourth-order valence-electron chi connectivity index (χ4n) is 3.16. The third-order valence-corrected chi connectivity index (χ3v) is 4.36. The number of hydrogen-bond acceptors (Lipinski definition) is 7. The Balaban J connectivity index is 1.91. The van der Waals surface area contributed by atoms with E-state index >= 15 is 0 Å². The minimum absolute atomic E-state index is 0.0617. The van der Waals surface area contributed by atoms with Crippen molar-refractivity contribution >= 4 is 17.2 Å². The Morgan fingerprint density at radius 3 is 2.48 bits per heavy atom. The van der Waals surface area contributed by atoms with Gasteiger partial charge in [-0.25, -0.2) is 0 Å². The van der Waals surface area contributed by atoms with Gasteiger partial charge in [0.05, 0.1) is 4.92 Å². The zero-order chi connectivity index (χ0) is 16.6. The molecule has 1 aromatic carbocycles. The van der Waals surface area contributed by atoms with Crippen LogP contribution in [0.2, 0.25) is 0 Å². The highest BCUT2D eigenvalue weighted by molar-refractivity contribution is 6.00. The average Bonchev–Trinajstić information content (AvgIpc) is 2.78. The van der Waals surface area contributed by atoms with Crippen molar-refractivity contribution in [2.24, 2.45) is 22.1 Å². The SMILES string of the molecule is O=C1C(N=Nc2cc([N+](=O)[O-])ccc2O)=C(O)C2CCCCC12. The van der Waals surface area contributed by atoms with E-state index in [1.807, 2.05) is 0 Å². The number of phenolic OH excluding ortho intramolecular Hbond substituents is 1. The summed E-state index contributed by atoms with van der Waals surface area (Å²) in [4.78, 5) is 22.4. The Hall–Kier alpha value is -2.77. The Kier molecular flexibility index (Phi) is 3.81. The van der Waals surface area contributed by atoms with Crippen molar-refractivity contribution < 1.29 is 19.9 Å². The summed E-state index contributed by atoms with van der Waals surface area (Å²) < 4.78 is 0. The molecule has 0 aliphatic heterocycles. The van der Waals surface area contributed by atoms with Crippen LogP contribution >= 0.6 is 0 Å². The van der Waals surface area contributed by atoms with Crippen LogP contribution in [-0.2, 0) is 4.79 Å². The maximum Gasteiger partial charge on any atom is 0.271 e. The second kappa shape index (κ2) is 5.79. The highest BCUT2D eigenvalue weighted by Gasteiger charge is 2.43. The number of nitro groups is 1. The predicted molar refractivity (Wildman–Crippen MR) is 79.4 cm³/mol. The third kappa shape index (κ3) is 2.67. The molecule has 0 radical (unpaired) electrons. The number of nitrogens with zero attached hydrogens (tertiary/aromatic N) is 3. The number of aliphatic hydroxyl groups excluding tert-OH is 1. The molecule has 120 valence electrons. The van der Waals surface area contributed by atoms with Crippen LogP contribution < -0.4 is 0 Å². The summed E-state index contributed by atoms with van der Waals surface area (Å²) >= 11 is 0. The lowest BCUT2D eigenvalue weighted by Crippen LogP contribution is -2.21. The molecule has 0 amide bonds. The largest absolute Gasteiger partial charge is 0.510 e. The fourth-order valence-corrected chi connectivity index (χ4v) is 3.16. The van der Waals surface area contributed by atoms with Crippen LogP contribution in [0.1, 0.15) is 25.7 Å². The molecular weight excluding hydrogens is 302 g/mol. The van der Waals surface area contributed by atoms with Crippen molar-refractivity contribution in [3.8, 4) is 5.75 Å². The number of aliphatic hydroxyl groups is 1. The van der Waals surface area contributed by atoms with Crippen LogP contribution in [-0.4, -0.2) is 20.9 Å². The second-order valence-corrected chi connectivity index (χ2v) is 5.73. The molecule has 2 atom stereocenters. The molecule has 0 aromatic heterocycles. The number of carbonyl (C=O) groups is 1. The lowest BCUT2D eigenvalue weighted by molar-refractivity contribution is -0.384. The zero-order valence-corrected chi connectivity index (χ0v) is 12.2. The van der Waals surface area contributed by atoms with E-state index in [1.54, 1.807) is 0 Å². The van der Waals surface area contributed by atoms with Crippen molar-refractivity contribution in [1.82, 2.24) is 0 Å². The lowest BCUT2D eigenvalue weighted by atomic mass is 9.80. The number of rotatable bonds is 3. The molecular formula is C15H15N3O5. The van der Waals surface area contributed by atoms with Crippen molar-refractivity contribution in [2.75, 3.05) is 0 Å². The second-order valence-electron chi connectivity index (χ2n) is 5.73. The maximum atomic E-state index is 12.3. The van der Waals surface area contributed by atoms with Gasteiger partial charge in [-0.3, -0.25) is 14.9 Å². The molecule has 8 heteroatoms. The van der Waals surface area contributed by atoms with E-state index in [2.05, 4.69) is 10.2 Å². The molecule has 1 saturated carbocycles. The van der Waals surface area contributed by atoms with Crippen LogP contribution in [0.3, 0.4) is 0 Å². The van der Waals surface area contributed by atoms with Crippen molar-refractivity contribution in [3.05, 3.63) is 39.8 Å². The number of Topliss-reactive ketones (excluding diaryl/α,β-unsaturated/α-hetero) is 1. The Morgan fingerprint density at radius 2 is 1.83 bits per heavy atom. The lowest BCUT2D eigenvalue weighted by Gasteiger charge is -2.23. The Morgan fingerprint density at radius 1 is 1.13 bits per heavy atom. The number of non-ortho nitro benzene ring substituents is 1. The number of hydrogen-bond donors (Lipinski definition) is 2. The molecule has 0 bridgehead atoms. The Labute approximate surface area is 131 Å². The molecule has 2 unspecified atom stereocenters. The summed E-state index contributed by atoms with van der Waals surface area (Å²) in [5, 5.41) is 38.1.